The predicted octanol–water partition coefficient (Wildman–Crippen LogP) is 4.66. The normalized spacial score (nSPS) is 18.7. The highest BCUT2D eigenvalue weighted by atomic mass is 19.4. The van der Waals surface area contributed by atoms with Gasteiger partial charge in [0.2, 0.25) is 0 Å². The van der Waals surface area contributed by atoms with Crippen LogP contribution in [0, 0.1) is 5.41 Å². The average Bonchev–Trinajstić information content (AvgIpc) is 2.76. The van der Waals surface area contributed by atoms with Gasteiger partial charge in [-0.3, -0.25) is 4.98 Å². The predicted molar refractivity (Wildman–Crippen MR) is 86.1 cm³/mol. The summed E-state index contributed by atoms with van der Waals surface area (Å²) in [5.41, 5.74) is 1.63. The minimum absolute atomic E-state index is 0.311. The molecule has 1 aliphatic rings. The molecular weight excluding hydrogens is 333 g/mol. The van der Waals surface area contributed by atoms with Crippen molar-refractivity contribution in [3.8, 4) is 11.1 Å². The molecule has 0 spiro atoms. The van der Waals surface area contributed by atoms with Gasteiger partial charge < -0.3 is 10.4 Å². The minimum atomic E-state index is -4.49. The number of halogens is 3. The van der Waals surface area contributed by atoms with E-state index in [1.807, 2.05) is 19.9 Å². The molecule has 132 valence electrons. The topological polar surface area (TPSA) is 62.2 Å². The number of amides is 1. The largest absolute Gasteiger partial charge is 0.465 e. The van der Waals surface area contributed by atoms with Gasteiger partial charge in [0.15, 0.2) is 0 Å². The molecule has 0 saturated carbocycles. The van der Waals surface area contributed by atoms with Crippen molar-refractivity contribution in [2.75, 3.05) is 0 Å². The Hall–Kier alpha value is -2.57. The van der Waals surface area contributed by atoms with Crippen LogP contribution in [0.3, 0.4) is 0 Å². The number of nitrogens with zero attached hydrogens (tertiary/aromatic N) is 1. The van der Waals surface area contributed by atoms with Gasteiger partial charge >= 0.3 is 12.3 Å². The van der Waals surface area contributed by atoms with E-state index in [1.165, 1.54) is 6.07 Å². The fourth-order valence-corrected chi connectivity index (χ4v) is 3.40. The quantitative estimate of drug-likeness (QED) is 0.828. The average molecular weight is 350 g/mol. The Balaban J connectivity index is 2.00. The van der Waals surface area contributed by atoms with Crippen molar-refractivity contribution in [2.24, 2.45) is 5.41 Å². The van der Waals surface area contributed by atoms with E-state index in [0.717, 1.165) is 23.4 Å². The summed E-state index contributed by atoms with van der Waals surface area (Å²) in [6.07, 6.45) is -3.81. The number of benzene rings is 1. The molecule has 1 atom stereocenters. The van der Waals surface area contributed by atoms with Gasteiger partial charge in [-0.1, -0.05) is 32.0 Å². The second kappa shape index (κ2) is 5.75. The molecule has 1 unspecified atom stereocenters. The number of carboxylic acid groups (broad SMARTS) is 1. The Morgan fingerprint density at radius 2 is 1.92 bits per heavy atom. The van der Waals surface area contributed by atoms with Gasteiger partial charge in [-0.25, -0.2) is 4.79 Å². The zero-order valence-corrected chi connectivity index (χ0v) is 13.7. The summed E-state index contributed by atoms with van der Waals surface area (Å²) in [4.78, 5) is 14.4. The number of aromatic nitrogens is 1. The first-order valence-corrected chi connectivity index (χ1v) is 7.74. The number of rotatable bonds is 2. The molecule has 4 nitrogen and oxygen atoms in total. The highest BCUT2D eigenvalue weighted by molar-refractivity contribution is 5.68. The second-order valence-corrected chi connectivity index (χ2v) is 6.89. The van der Waals surface area contributed by atoms with Crippen LogP contribution in [0.15, 0.2) is 36.5 Å². The third kappa shape index (κ3) is 3.31. The Bertz CT molecular complexity index is 831. The first-order chi connectivity index (χ1) is 11.6. The van der Waals surface area contributed by atoms with E-state index in [0.29, 0.717) is 17.5 Å². The van der Waals surface area contributed by atoms with Gasteiger partial charge in [0, 0.05) is 6.20 Å². The number of carbonyl (C=O) groups is 1. The van der Waals surface area contributed by atoms with Crippen molar-refractivity contribution in [1.82, 2.24) is 10.3 Å². The van der Waals surface area contributed by atoms with Gasteiger partial charge in [-0.2, -0.15) is 13.2 Å². The number of nitrogens with one attached hydrogen (secondary N) is 1. The first kappa shape index (κ1) is 17.3. The van der Waals surface area contributed by atoms with Crippen LogP contribution in [0.2, 0.25) is 0 Å². The number of pyridine rings is 1. The fraction of sp³-hybridized carbons (Fsp3) is 0.333. The first-order valence-electron chi connectivity index (χ1n) is 7.74. The van der Waals surface area contributed by atoms with Crippen molar-refractivity contribution in [3.63, 3.8) is 0 Å². The van der Waals surface area contributed by atoms with Gasteiger partial charge in [0.25, 0.3) is 0 Å². The molecule has 1 heterocycles. The zero-order chi connectivity index (χ0) is 18.4. The lowest BCUT2D eigenvalue weighted by Crippen LogP contribution is -2.34. The zero-order valence-electron chi connectivity index (χ0n) is 13.7. The third-order valence-electron chi connectivity index (χ3n) is 4.53. The lowest BCUT2D eigenvalue weighted by atomic mass is 9.85. The van der Waals surface area contributed by atoms with E-state index >= 15 is 0 Å². The van der Waals surface area contributed by atoms with Crippen LogP contribution in [0.4, 0.5) is 18.0 Å². The molecule has 1 aromatic heterocycles. The summed E-state index contributed by atoms with van der Waals surface area (Å²) in [6.45, 7) is 3.92. The van der Waals surface area contributed by atoms with Crippen molar-refractivity contribution < 1.29 is 23.1 Å². The smallest absolute Gasteiger partial charge is 0.433 e. The van der Waals surface area contributed by atoms with Gasteiger partial charge in [0.05, 0.1) is 6.04 Å². The molecule has 1 aromatic carbocycles. The second-order valence-electron chi connectivity index (χ2n) is 6.89. The Morgan fingerprint density at radius 1 is 1.24 bits per heavy atom. The van der Waals surface area contributed by atoms with E-state index in [2.05, 4.69) is 10.3 Å². The van der Waals surface area contributed by atoms with Crippen molar-refractivity contribution in [1.29, 1.82) is 0 Å². The SMILES string of the molecule is CC1(C)Cc2cc(-c3ccnc(C(F)(F)F)c3)ccc2C1NC(=O)O. The monoisotopic (exact) mass is 350 g/mol. The molecule has 25 heavy (non-hydrogen) atoms. The molecule has 0 bridgehead atoms. The third-order valence-corrected chi connectivity index (χ3v) is 4.53. The Morgan fingerprint density at radius 3 is 2.56 bits per heavy atom. The minimum Gasteiger partial charge on any atom is -0.465 e. The van der Waals surface area contributed by atoms with Crippen LogP contribution in [-0.4, -0.2) is 16.2 Å². The summed E-state index contributed by atoms with van der Waals surface area (Å²) in [5.74, 6) is 0. The maximum Gasteiger partial charge on any atom is 0.433 e. The summed E-state index contributed by atoms with van der Waals surface area (Å²) >= 11 is 0. The number of hydrogen-bond donors (Lipinski definition) is 2. The van der Waals surface area contributed by atoms with Gasteiger partial charge in [-0.15, -0.1) is 0 Å². The fourth-order valence-electron chi connectivity index (χ4n) is 3.40. The standard InChI is InChI=1S/C18H17F3N2O2/c1-17(2)9-12-7-10(3-4-13(12)15(17)23-16(24)25)11-5-6-22-14(8-11)18(19,20)21/h3-8,15,23H,9H2,1-2H3,(H,24,25). The van der Waals surface area contributed by atoms with Gasteiger partial charge in [-0.05, 0) is 46.2 Å². The molecule has 2 N–H and O–H groups in total. The number of fused-ring (bicyclic) bond motifs is 1. The molecule has 1 amide bonds. The lowest BCUT2D eigenvalue weighted by Gasteiger charge is -2.27. The van der Waals surface area contributed by atoms with Crippen LogP contribution in [-0.2, 0) is 12.6 Å². The van der Waals surface area contributed by atoms with Crippen LogP contribution in [0.1, 0.15) is 36.7 Å². The van der Waals surface area contributed by atoms with Crippen molar-refractivity contribution in [2.45, 2.75) is 32.5 Å². The summed E-state index contributed by atoms with van der Waals surface area (Å²) in [6, 6.07) is 7.53. The Kier molecular flexibility index (Phi) is 3.97. The molecular formula is C18H17F3N2O2. The summed E-state index contributed by atoms with van der Waals surface area (Å²) < 4.78 is 38.6. The molecule has 0 saturated heterocycles. The molecule has 0 radical (unpaired) electrons. The summed E-state index contributed by atoms with van der Waals surface area (Å²) in [7, 11) is 0. The number of alkyl halides is 3. The van der Waals surface area contributed by atoms with E-state index < -0.39 is 18.0 Å². The Labute approximate surface area is 142 Å². The highest BCUT2D eigenvalue weighted by Gasteiger charge is 2.40. The number of hydrogen-bond acceptors (Lipinski definition) is 2. The van der Waals surface area contributed by atoms with Gasteiger partial charge in [0.1, 0.15) is 5.69 Å². The van der Waals surface area contributed by atoms with E-state index in [1.54, 1.807) is 12.1 Å². The van der Waals surface area contributed by atoms with E-state index in [4.69, 9.17) is 5.11 Å². The maximum absolute atomic E-state index is 12.9. The van der Waals surface area contributed by atoms with Crippen molar-refractivity contribution >= 4 is 6.09 Å². The summed E-state index contributed by atoms with van der Waals surface area (Å²) in [5, 5.41) is 11.6. The molecule has 7 heteroatoms. The van der Waals surface area contributed by atoms with Crippen LogP contribution >= 0.6 is 0 Å². The van der Waals surface area contributed by atoms with E-state index in [9.17, 15) is 18.0 Å². The lowest BCUT2D eigenvalue weighted by molar-refractivity contribution is -0.141. The van der Waals surface area contributed by atoms with Crippen LogP contribution in [0.5, 0.6) is 0 Å². The van der Waals surface area contributed by atoms with E-state index in [-0.39, 0.29) is 11.5 Å². The molecule has 3 rings (SSSR count). The van der Waals surface area contributed by atoms with Crippen LogP contribution in [0.25, 0.3) is 11.1 Å². The highest BCUT2D eigenvalue weighted by Crippen LogP contribution is 2.46. The van der Waals surface area contributed by atoms with Crippen LogP contribution < -0.4 is 5.32 Å². The molecule has 0 fully saturated rings. The maximum atomic E-state index is 12.9. The molecule has 2 aromatic rings. The van der Waals surface area contributed by atoms with Crippen molar-refractivity contribution in [3.05, 3.63) is 53.3 Å². The molecule has 1 aliphatic carbocycles. The molecule has 0 aliphatic heterocycles.